The Labute approximate surface area is 149 Å². The topological polar surface area (TPSA) is 58.4 Å². The highest BCUT2D eigenvalue weighted by atomic mass is 32.2. The number of nitrogens with two attached hydrogens (primary N) is 1. The van der Waals surface area contributed by atoms with Gasteiger partial charge in [-0.15, -0.1) is 0 Å². The summed E-state index contributed by atoms with van der Waals surface area (Å²) >= 11 is 2.04. The van der Waals surface area contributed by atoms with Gasteiger partial charge >= 0.3 is 0 Å². The van der Waals surface area contributed by atoms with E-state index in [2.05, 4.69) is 35.3 Å². The van der Waals surface area contributed by atoms with Crippen molar-refractivity contribution in [3.05, 3.63) is 29.3 Å². The number of anilines is 1. The minimum Gasteiger partial charge on any atom is -0.327 e. The average Bonchev–Trinajstić information content (AvgIpc) is 2.96. The standard InChI is InChI=1S/C19H29N3OS/c1-14-11-15(13-22-7-9-24-10-8-22)5-6-18(14)21-19(23)12-16-3-2-4-17(16)20/h5-6,11,16-17H,2-4,7-10,12-13,20H2,1H3,(H,21,23)/t16-,17+/m0/s1. The molecule has 4 nitrogen and oxygen atoms in total. The second-order valence-corrected chi connectivity index (χ2v) is 8.37. The van der Waals surface area contributed by atoms with Gasteiger partial charge in [0, 0.05) is 49.3 Å². The van der Waals surface area contributed by atoms with E-state index in [1.807, 2.05) is 11.8 Å². The van der Waals surface area contributed by atoms with Gasteiger partial charge in [0.1, 0.15) is 0 Å². The van der Waals surface area contributed by atoms with Crippen molar-refractivity contribution in [2.24, 2.45) is 11.7 Å². The van der Waals surface area contributed by atoms with Crippen molar-refractivity contribution >= 4 is 23.4 Å². The summed E-state index contributed by atoms with van der Waals surface area (Å²) in [5, 5.41) is 3.08. The van der Waals surface area contributed by atoms with Gasteiger partial charge in [-0.3, -0.25) is 9.69 Å². The largest absolute Gasteiger partial charge is 0.327 e. The molecule has 0 aromatic heterocycles. The van der Waals surface area contributed by atoms with Crippen molar-refractivity contribution in [2.45, 2.75) is 45.2 Å². The molecule has 24 heavy (non-hydrogen) atoms. The van der Waals surface area contributed by atoms with E-state index in [-0.39, 0.29) is 11.9 Å². The zero-order valence-electron chi connectivity index (χ0n) is 14.6. The van der Waals surface area contributed by atoms with Crippen LogP contribution in [0.4, 0.5) is 5.69 Å². The minimum absolute atomic E-state index is 0.0984. The molecule has 0 radical (unpaired) electrons. The molecule has 5 heteroatoms. The number of carbonyl (C=O) groups is 1. The molecule has 0 bridgehead atoms. The van der Waals surface area contributed by atoms with Crippen molar-refractivity contribution in [1.29, 1.82) is 0 Å². The highest BCUT2D eigenvalue weighted by Gasteiger charge is 2.26. The van der Waals surface area contributed by atoms with E-state index < -0.39 is 0 Å². The first-order valence-electron chi connectivity index (χ1n) is 9.07. The number of nitrogens with one attached hydrogen (secondary N) is 1. The molecule has 1 saturated carbocycles. The lowest BCUT2D eigenvalue weighted by Crippen LogP contribution is -2.32. The highest BCUT2D eigenvalue weighted by molar-refractivity contribution is 7.99. The van der Waals surface area contributed by atoms with Gasteiger partial charge in [-0.05, 0) is 42.9 Å². The lowest BCUT2D eigenvalue weighted by molar-refractivity contribution is -0.117. The molecule has 1 aliphatic carbocycles. The van der Waals surface area contributed by atoms with Gasteiger partial charge in [-0.1, -0.05) is 18.6 Å². The van der Waals surface area contributed by atoms with Gasteiger partial charge in [0.05, 0.1) is 0 Å². The number of rotatable bonds is 5. The van der Waals surface area contributed by atoms with Crippen LogP contribution in [0.1, 0.15) is 36.8 Å². The first kappa shape index (κ1) is 17.8. The Morgan fingerprint density at radius 2 is 2.12 bits per heavy atom. The number of thioether (sulfide) groups is 1. The molecule has 0 spiro atoms. The van der Waals surface area contributed by atoms with E-state index in [1.54, 1.807) is 0 Å². The molecule has 2 aliphatic rings. The number of hydrogen-bond acceptors (Lipinski definition) is 4. The van der Waals surface area contributed by atoms with Gasteiger partial charge in [0.2, 0.25) is 5.91 Å². The van der Waals surface area contributed by atoms with Gasteiger partial charge < -0.3 is 11.1 Å². The number of carbonyl (C=O) groups excluding carboxylic acids is 1. The van der Waals surface area contributed by atoms with E-state index in [4.69, 9.17) is 5.73 Å². The number of hydrogen-bond donors (Lipinski definition) is 2. The summed E-state index contributed by atoms with van der Waals surface area (Å²) in [4.78, 5) is 14.8. The summed E-state index contributed by atoms with van der Waals surface area (Å²) < 4.78 is 0. The van der Waals surface area contributed by atoms with Crippen LogP contribution < -0.4 is 11.1 Å². The first-order valence-corrected chi connectivity index (χ1v) is 10.2. The molecular weight excluding hydrogens is 318 g/mol. The molecule has 0 unspecified atom stereocenters. The molecule has 1 aromatic carbocycles. The zero-order valence-corrected chi connectivity index (χ0v) is 15.4. The highest BCUT2D eigenvalue weighted by Crippen LogP contribution is 2.27. The van der Waals surface area contributed by atoms with E-state index in [0.29, 0.717) is 12.3 Å². The minimum atomic E-state index is 0.0984. The summed E-state index contributed by atoms with van der Waals surface area (Å²) in [5.74, 6) is 2.91. The molecule has 1 aliphatic heterocycles. The average molecular weight is 348 g/mol. The molecule has 3 rings (SSSR count). The van der Waals surface area contributed by atoms with Crippen LogP contribution in [-0.4, -0.2) is 41.4 Å². The molecule has 2 atom stereocenters. The quantitative estimate of drug-likeness (QED) is 0.860. The Bertz CT molecular complexity index is 572. The Kier molecular flexibility index (Phi) is 6.19. The maximum Gasteiger partial charge on any atom is 0.224 e. The number of benzene rings is 1. The van der Waals surface area contributed by atoms with Crippen LogP contribution in [-0.2, 0) is 11.3 Å². The fourth-order valence-corrected chi connectivity index (χ4v) is 4.72. The molecule has 1 heterocycles. The molecular formula is C19H29N3OS. The third-order valence-electron chi connectivity index (χ3n) is 5.24. The Hall–Kier alpha value is -1.04. The van der Waals surface area contributed by atoms with Crippen molar-refractivity contribution in [3.63, 3.8) is 0 Å². The fraction of sp³-hybridized carbons (Fsp3) is 0.632. The molecule has 3 N–H and O–H groups in total. The SMILES string of the molecule is Cc1cc(CN2CCSCC2)ccc1NC(=O)C[C@@H]1CCC[C@H]1N. The Balaban J connectivity index is 1.54. The molecule has 1 aromatic rings. The van der Waals surface area contributed by atoms with E-state index in [0.717, 1.165) is 37.1 Å². The lowest BCUT2D eigenvalue weighted by Gasteiger charge is -2.26. The van der Waals surface area contributed by atoms with Crippen LogP contribution in [0.5, 0.6) is 0 Å². The monoisotopic (exact) mass is 347 g/mol. The van der Waals surface area contributed by atoms with Crippen LogP contribution in [0.15, 0.2) is 18.2 Å². The number of nitrogens with zero attached hydrogens (tertiary/aromatic N) is 1. The maximum absolute atomic E-state index is 12.3. The van der Waals surface area contributed by atoms with Crippen LogP contribution in [0.3, 0.4) is 0 Å². The normalized spacial score (nSPS) is 24.9. The van der Waals surface area contributed by atoms with Gasteiger partial charge in [-0.25, -0.2) is 0 Å². The smallest absolute Gasteiger partial charge is 0.224 e. The Morgan fingerprint density at radius 1 is 1.33 bits per heavy atom. The van der Waals surface area contributed by atoms with Crippen LogP contribution >= 0.6 is 11.8 Å². The van der Waals surface area contributed by atoms with Crippen LogP contribution in [0, 0.1) is 12.8 Å². The second kappa shape index (κ2) is 8.37. The van der Waals surface area contributed by atoms with Crippen LogP contribution in [0.25, 0.3) is 0 Å². The van der Waals surface area contributed by atoms with Gasteiger partial charge in [-0.2, -0.15) is 11.8 Å². The summed E-state index contributed by atoms with van der Waals surface area (Å²) in [6, 6.07) is 6.60. The summed E-state index contributed by atoms with van der Waals surface area (Å²) in [6.07, 6.45) is 3.84. The second-order valence-electron chi connectivity index (χ2n) is 7.14. The summed E-state index contributed by atoms with van der Waals surface area (Å²) in [5.41, 5.74) is 9.48. The molecule has 2 fully saturated rings. The van der Waals surface area contributed by atoms with E-state index >= 15 is 0 Å². The van der Waals surface area contributed by atoms with Crippen molar-refractivity contribution in [3.8, 4) is 0 Å². The number of amides is 1. The molecule has 132 valence electrons. The van der Waals surface area contributed by atoms with Gasteiger partial charge in [0.25, 0.3) is 0 Å². The Morgan fingerprint density at radius 3 is 2.79 bits per heavy atom. The lowest BCUT2D eigenvalue weighted by atomic mass is 9.99. The molecule has 1 amide bonds. The fourth-order valence-electron chi connectivity index (χ4n) is 3.74. The maximum atomic E-state index is 12.3. The summed E-state index contributed by atoms with van der Waals surface area (Å²) in [6.45, 7) is 5.42. The predicted molar refractivity (Wildman–Crippen MR) is 102 cm³/mol. The van der Waals surface area contributed by atoms with Crippen molar-refractivity contribution < 1.29 is 4.79 Å². The van der Waals surface area contributed by atoms with E-state index in [1.165, 1.54) is 30.2 Å². The van der Waals surface area contributed by atoms with E-state index in [9.17, 15) is 4.79 Å². The third kappa shape index (κ3) is 4.74. The van der Waals surface area contributed by atoms with Crippen LogP contribution in [0.2, 0.25) is 0 Å². The predicted octanol–water partition coefficient (Wildman–Crippen LogP) is 3.00. The summed E-state index contributed by atoms with van der Waals surface area (Å²) in [7, 11) is 0. The van der Waals surface area contributed by atoms with Crippen molar-refractivity contribution in [2.75, 3.05) is 29.9 Å². The zero-order chi connectivity index (χ0) is 16.9. The first-order chi connectivity index (χ1) is 11.6. The molecule has 1 saturated heterocycles. The number of aryl methyl sites for hydroxylation is 1. The third-order valence-corrected chi connectivity index (χ3v) is 6.18. The van der Waals surface area contributed by atoms with Gasteiger partial charge in [0.15, 0.2) is 0 Å². The van der Waals surface area contributed by atoms with Crippen molar-refractivity contribution in [1.82, 2.24) is 4.90 Å².